The van der Waals surface area contributed by atoms with Gasteiger partial charge in [-0.25, -0.2) is 38.0 Å². The molecule has 0 fully saturated rings. The highest BCUT2D eigenvalue weighted by molar-refractivity contribution is 5.81. The summed E-state index contributed by atoms with van der Waals surface area (Å²) in [4.78, 5) is 20.9. The van der Waals surface area contributed by atoms with Crippen molar-refractivity contribution in [2.45, 2.75) is 204 Å². The lowest BCUT2D eigenvalue weighted by Gasteiger charge is -2.15. The first-order chi connectivity index (χ1) is 52.1. The van der Waals surface area contributed by atoms with Crippen LogP contribution in [-0.2, 0) is 13.0 Å². The minimum Gasteiger partial charge on any atom is -0.328 e. The van der Waals surface area contributed by atoms with Crippen molar-refractivity contribution in [3.63, 3.8) is 0 Å². The fraction of sp³-hybridized carbons (Fsp3) is 0.360. The number of para-hydroxylation sites is 3. The number of aromatic nitrogens is 22. The summed E-state index contributed by atoms with van der Waals surface area (Å²) in [6, 6.07) is 36.9. The molecular weight excluding hydrogens is 1340 g/mol. The van der Waals surface area contributed by atoms with E-state index in [-0.39, 0.29) is 0 Å². The number of hydrogen-bond donors (Lipinski definition) is 1. The van der Waals surface area contributed by atoms with Gasteiger partial charge in [0.2, 0.25) is 0 Å². The third-order valence-corrected chi connectivity index (χ3v) is 18.7. The molecule has 22 heteroatoms. The number of nitrogens with one attached hydrogen (secondary N) is 1. The van der Waals surface area contributed by atoms with Crippen LogP contribution in [-0.4, -0.2) is 107 Å². The zero-order chi connectivity index (χ0) is 77.0. The number of fused-ring (bicyclic) bond motifs is 9. The number of imidazole rings is 2. The van der Waals surface area contributed by atoms with E-state index in [1.54, 1.807) is 44.8 Å². The summed E-state index contributed by atoms with van der Waals surface area (Å²) < 4.78 is 15.5. The van der Waals surface area contributed by atoms with E-state index in [4.69, 9.17) is 0 Å². The summed E-state index contributed by atoms with van der Waals surface area (Å²) in [6.07, 6.45) is 37.7. The summed E-state index contributed by atoms with van der Waals surface area (Å²) >= 11 is 0. The zero-order valence-corrected chi connectivity index (χ0v) is 66.2. The molecule has 17 aromatic rings. The molecule has 0 spiro atoms. The lowest BCUT2D eigenvalue weighted by atomic mass is 9.99. The molecule has 0 saturated carbocycles. The van der Waals surface area contributed by atoms with Gasteiger partial charge in [-0.1, -0.05) is 153 Å². The van der Waals surface area contributed by atoms with E-state index in [0.29, 0.717) is 53.4 Å². The van der Waals surface area contributed by atoms with Crippen LogP contribution in [0.4, 0.5) is 0 Å². The molecule has 0 saturated heterocycles. The van der Waals surface area contributed by atoms with Crippen molar-refractivity contribution in [1.82, 2.24) is 107 Å². The molecular formula is C86H108N22. The molecule has 0 unspecified atom stereocenters. The number of H-pyrrole nitrogens is 1. The second-order valence-corrected chi connectivity index (χ2v) is 29.6. The van der Waals surface area contributed by atoms with Crippen LogP contribution in [0, 0.1) is 0 Å². The molecule has 0 radical (unpaired) electrons. The molecule has 16 heterocycles. The van der Waals surface area contributed by atoms with Crippen molar-refractivity contribution in [1.29, 1.82) is 0 Å². The van der Waals surface area contributed by atoms with Crippen molar-refractivity contribution in [3.05, 3.63) is 271 Å². The van der Waals surface area contributed by atoms with Gasteiger partial charge in [-0.3, -0.25) is 14.8 Å². The average molecular weight is 1450 g/mol. The topological polar surface area (TPSA) is 220 Å². The number of rotatable bonds is 9. The fourth-order valence-electron chi connectivity index (χ4n) is 12.7. The van der Waals surface area contributed by atoms with Crippen molar-refractivity contribution in [2.75, 3.05) is 0 Å². The van der Waals surface area contributed by atoms with Crippen LogP contribution in [0.5, 0.6) is 0 Å². The molecule has 2 aromatic carbocycles. The van der Waals surface area contributed by atoms with E-state index >= 15 is 0 Å². The third-order valence-electron chi connectivity index (χ3n) is 18.7. The standard InChI is InChI=1S/C10H12N2.C10H16N2.3C10H12N2.4C9H11N3/c1-8(2)9-7-11-10-5-3-4-6-12(9)10;2*1-8(2)9-7-11-12-6-4-3-5-10(9)12;1-8(2)12-7-11-9-5-3-4-6-10(9)12;1-7(2)10-8-5-3-4-6-9(8)11-12-10;1-7(2)8-5-11-12-4-3-10-6-9(8)12;1-7(2)8-5-11-12-6-10-4-3-9(8)12;1-7(2)8-6-11-12-5-3-4-10-9(8)12;1-7(2)8-6-11-12-9(8)4-3-5-10-12/h3-8H,1-2H3;7-8H,3-6H2,1-2H3;2*3-8H,1-2H3;3-7H,1-2H3,(H,11,12);4*3-7H,1-2H3. The van der Waals surface area contributed by atoms with Crippen LogP contribution in [0.3, 0.4) is 0 Å². The van der Waals surface area contributed by atoms with E-state index in [1.807, 2.05) is 175 Å². The highest BCUT2D eigenvalue weighted by Gasteiger charge is 2.17. The largest absolute Gasteiger partial charge is 0.328 e. The van der Waals surface area contributed by atoms with Gasteiger partial charge in [0.1, 0.15) is 12.0 Å². The molecule has 22 nitrogen and oxygen atoms in total. The second kappa shape index (κ2) is 37.6. The summed E-state index contributed by atoms with van der Waals surface area (Å²) in [5, 5.41) is 38.0. The van der Waals surface area contributed by atoms with E-state index < -0.39 is 0 Å². The maximum Gasteiger partial charge on any atom is 0.158 e. The third kappa shape index (κ3) is 19.7. The summed E-state index contributed by atoms with van der Waals surface area (Å²) in [5.74, 6) is 4.23. The van der Waals surface area contributed by atoms with Crippen molar-refractivity contribution < 1.29 is 0 Å². The molecule has 18 rings (SSSR count). The molecule has 15 aromatic heterocycles. The van der Waals surface area contributed by atoms with Gasteiger partial charge in [0.05, 0.1) is 88.3 Å². The molecule has 108 heavy (non-hydrogen) atoms. The Balaban J connectivity index is 0.000000130. The van der Waals surface area contributed by atoms with Gasteiger partial charge in [-0.2, -0.15) is 45.4 Å². The molecule has 1 aliphatic rings. The SMILES string of the molecule is CC(C)c1[nH]nc2ccccc12.CC(C)c1cnc2ccccn12.CC(C)c1cnn2c1CCCC2.CC(C)c1cnn2ccccc12.CC(C)c1cnn2cccnc12.CC(C)c1cnn2ccncc12.CC(C)c1cnn2cnccc12.CC(C)c1cnn2ncccc12.CC(C)n1cnc2ccccc21. The minimum atomic E-state index is 0.484. The lowest BCUT2D eigenvalue weighted by Crippen LogP contribution is -2.12. The molecule has 0 bridgehead atoms. The summed E-state index contributed by atoms with van der Waals surface area (Å²) in [5.41, 5.74) is 21.7. The molecule has 562 valence electrons. The summed E-state index contributed by atoms with van der Waals surface area (Å²) in [6.45, 7) is 40.2. The van der Waals surface area contributed by atoms with Gasteiger partial charge in [0.15, 0.2) is 5.65 Å². The van der Waals surface area contributed by atoms with Crippen LogP contribution in [0.25, 0.3) is 55.3 Å². The van der Waals surface area contributed by atoms with Crippen molar-refractivity contribution in [3.8, 4) is 0 Å². The van der Waals surface area contributed by atoms with E-state index in [1.165, 1.54) is 86.1 Å². The second-order valence-electron chi connectivity index (χ2n) is 29.6. The first kappa shape index (κ1) is 79.0. The predicted molar refractivity (Wildman–Crippen MR) is 436 cm³/mol. The van der Waals surface area contributed by atoms with Crippen LogP contribution in [0.1, 0.15) is 241 Å². The molecule has 1 N–H and O–H groups in total. The van der Waals surface area contributed by atoms with E-state index in [2.05, 4.69) is 233 Å². The van der Waals surface area contributed by atoms with Gasteiger partial charge in [0.25, 0.3) is 0 Å². The normalized spacial score (nSPS) is 11.8. The predicted octanol–water partition coefficient (Wildman–Crippen LogP) is 20.0. The van der Waals surface area contributed by atoms with Gasteiger partial charge in [-0.15, -0.1) is 0 Å². The van der Waals surface area contributed by atoms with Crippen LogP contribution >= 0.6 is 0 Å². The Hall–Kier alpha value is -11.6. The number of pyridine rings is 2. The highest BCUT2D eigenvalue weighted by Crippen LogP contribution is 2.27. The highest BCUT2D eigenvalue weighted by atomic mass is 15.4. The van der Waals surface area contributed by atoms with Gasteiger partial charge >= 0.3 is 0 Å². The maximum absolute atomic E-state index is 4.39. The van der Waals surface area contributed by atoms with Gasteiger partial charge < -0.3 is 8.97 Å². The van der Waals surface area contributed by atoms with Crippen LogP contribution < -0.4 is 0 Å². The Labute approximate surface area is 634 Å². The van der Waals surface area contributed by atoms with Crippen LogP contribution in [0.2, 0.25) is 0 Å². The smallest absolute Gasteiger partial charge is 0.158 e. The fourth-order valence-corrected chi connectivity index (χ4v) is 12.7. The first-order valence-electron chi connectivity index (χ1n) is 37.9. The maximum atomic E-state index is 4.39. The number of aryl methyl sites for hydroxylation is 1. The average Bonchev–Trinajstić information content (AvgIpc) is 1.77. The number of benzene rings is 2. The monoisotopic (exact) mass is 1450 g/mol. The number of hydrogen-bond acceptors (Lipinski definition) is 13. The Bertz CT molecular complexity index is 4600. The Morgan fingerprint density at radius 3 is 1.64 bits per heavy atom. The quantitative estimate of drug-likeness (QED) is 0.142. The van der Waals surface area contributed by atoms with Crippen LogP contribution in [0.15, 0.2) is 221 Å². The minimum absolute atomic E-state index is 0.484. The Morgan fingerprint density at radius 1 is 0.361 bits per heavy atom. The lowest BCUT2D eigenvalue weighted by molar-refractivity contribution is 0.483. The van der Waals surface area contributed by atoms with E-state index in [0.717, 1.165) is 45.4 Å². The van der Waals surface area contributed by atoms with Crippen molar-refractivity contribution in [2.24, 2.45) is 0 Å². The van der Waals surface area contributed by atoms with Crippen molar-refractivity contribution >= 4 is 55.3 Å². The Kier molecular flexibility index (Phi) is 27.5. The summed E-state index contributed by atoms with van der Waals surface area (Å²) in [7, 11) is 0. The molecule has 0 amide bonds. The van der Waals surface area contributed by atoms with E-state index in [9.17, 15) is 0 Å². The van der Waals surface area contributed by atoms with Gasteiger partial charge in [-0.05, 0) is 153 Å². The number of aromatic amines is 1. The zero-order valence-electron chi connectivity index (χ0n) is 66.2. The Morgan fingerprint density at radius 2 is 0.935 bits per heavy atom. The molecule has 0 aliphatic carbocycles. The first-order valence-corrected chi connectivity index (χ1v) is 37.9. The van der Waals surface area contributed by atoms with Gasteiger partial charge in [0, 0.05) is 119 Å². The number of nitrogens with zero attached hydrogens (tertiary/aromatic N) is 21. The molecule has 1 aliphatic heterocycles. The molecule has 0 atom stereocenters.